The van der Waals surface area contributed by atoms with Gasteiger partial charge in [0.25, 0.3) is 0 Å². The molecule has 0 saturated carbocycles. The minimum atomic E-state index is -4.69. The summed E-state index contributed by atoms with van der Waals surface area (Å²) in [6, 6.07) is 1.75. The fraction of sp³-hybridized carbons (Fsp3) is 0.125. The van der Waals surface area contributed by atoms with E-state index in [1.807, 2.05) is 0 Å². The van der Waals surface area contributed by atoms with Gasteiger partial charge in [0.1, 0.15) is 22.9 Å². The van der Waals surface area contributed by atoms with Gasteiger partial charge in [-0.3, -0.25) is 9.59 Å². The highest BCUT2D eigenvalue weighted by atomic mass is 32.2. The molecule has 0 saturated heterocycles. The van der Waals surface area contributed by atoms with E-state index < -0.39 is 34.8 Å². The number of benzene rings is 1. The molecule has 0 unspecified atom stereocenters. The molecule has 10 heteroatoms. The molecule has 1 N–H and O–H groups in total. The molecule has 3 rings (SSSR count). The number of thioether (sulfide) groups is 1. The van der Waals surface area contributed by atoms with Crippen molar-refractivity contribution in [2.45, 2.75) is 6.18 Å². The summed E-state index contributed by atoms with van der Waals surface area (Å²) in [5, 5.41) is 2.33. The Kier molecular flexibility index (Phi) is 4.53. The molecular formula is C16H9F4N3O2S. The summed E-state index contributed by atoms with van der Waals surface area (Å²) in [7, 11) is 0. The van der Waals surface area contributed by atoms with Gasteiger partial charge in [-0.15, -0.1) is 11.8 Å². The first-order valence-corrected chi connectivity index (χ1v) is 8.29. The third-order valence-electron chi connectivity index (χ3n) is 3.55. The summed E-state index contributed by atoms with van der Waals surface area (Å²) < 4.78 is 52.5. The van der Waals surface area contributed by atoms with Crippen LogP contribution in [0.2, 0.25) is 0 Å². The second kappa shape index (κ2) is 6.52. The Bertz CT molecular complexity index is 957. The molecule has 0 fully saturated rings. The smallest absolute Gasteiger partial charge is 0.349 e. The number of rotatable bonds is 3. The van der Waals surface area contributed by atoms with Crippen molar-refractivity contribution in [1.82, 2.24) is 9.97 Å². The van der Waals surface area contributed by atoms with Crippen molar-refractivity contribution in [3.05, 3.63) is 64.0 Å². The van der Waals surface area contributed by atoms with Crippen molar-refractivity contribution < 1.29 is 27.2 Å². The molecule has 26 heavy (non-hydrogen) atoms. The number of aromatic nitrogens is 2. The zero-order valence-electron chi connectivity index (χ0n) is 13.0. The molecule has 0 bridgehead atoms. The molecule has 1 aliphatic rings. The van der Waals surface area contributed by atoms with Crippen LogP contribution in [0.3, 0.4) is 0 Å². The molecule has 0 radical (unpaired) electrons. The molecule has 1 aromatic heterocycles. The van der Waals surface area contributed by atoms with E-state index in [-0.39, 0.29) is 22.0 Å². The van der Waals surface area contributed by atoms with Gasteiger partial charge in [-0.2, -0.15) is 13.2 Å². The van der Waals surface area contributed by atoms with Gasteiger partial charge in [0.15, 0.2) is 0 Å². The van der Waals surface area contributed by atoms with E-state index in [0.717, 1.165) is 11.8 Å². The third-order valence-corrected chi connectivity index (χ3v) is 4.34. The van der Waals surface area contributed by atoms with E-state index in [0.29, 0.717) is 18.2 Å². The van der Waals surface area contributed by atoms with Gasteiger partial charge in [-0.05, 0) is 24.5 Å². The van der Waals surface area contributed by atoms with E-state index in [2.05, 4.69) is 15.3 Å². The Morgan fingerprint density at radius 3 is 2.23 bits per heavy atom. The second-order valence-electron chi connectivity index (χ2n) is 5.14. The lowest BCUT2D eigenvalue weighted by atomic mass is 10.0. The van der Waals surface area contributed by atoms with Crippen molar-refractivity contribution >= 4 is 29.0 Å². The molecule has 0 aliphatic heterocycles. The zero-order chi connectivity index (χ0) is 19.1. The number of anilines is 1. The number of nitrogens with zero attached hydrogens (tertiary/aromatic N) is 2. The molecule has 2 aromatic rings. The normalized spacial score (nSPS) is 14.5. The lowest BCUT2D eigenvalue weighted by Gasteiger charge is -2.20. The van der Waals surface area contributed by atoms with E-state index in [4.69, 9.17) is 0 Å². The minimum absolute atomic E-state index is 0.0835. The van der Waals surface area contributed by atoms with Crippen LogP contribution < -0.4 is 5.32 Å². The number of Topliss-reactive ketones (excluding diaryl/α,β-unsaturated/α-hetero) is 2. The van der Waals surface area contributed by atoms with E-state index >= 15 is 0 Å². The fourth-order valence-corrected chi connectivity index (χ4v) is 2.98. The molecule has 1 heterocycles. The van der Waals surface area contributed by atoms with Crippen molar-refractivity contribution in [3.8, 4) is 0 Å². The number of ketones is 2. The molecule has 1 aliphatic carbocycles. The topological polar surface area (TPSA) is 72.0 Å². The van der Waals surface area contributed by atoms with Crippen LogP contribution in [0.25, 0.3) is 0 Å². The number of hydrogen-bond donors (Lipinski definition) is 1. The molecule has 0 atom stereocenters. The number of hydrogen-bond acceptors (Lipinski definition) is 6. The summed E-state index contributed by atoms with van der Waals surface area (Å²) in [5.41, 5.74) is -2.41. The first kappa shape index (κ1) is 18.1. The molecule has 5 nitrogen and oxygen atoms in total. The average Bonchev–Trinajstić information content (AvgIpc) is 2.60. The zero-order valence-corrected chi connectivity index (χ0v) is 13.8. The number of fused-ring (bicyclic) bond motifs is 1. The van der Waals surface area contributed by atoms with Gasteiger partial charge in [0, 0.05) is 12.4 Å². The van der Waals surface area contributed by atoms with Crippen molar-refractivity contribution in [2.24, 2.45) is 0 Å². The lowest BCUT2D eigenvalue weighted by molar-refractivity contribution is -0.137. The number of carbonyl (C=O) groups is 2. The standard InChI is InChI=1S/C16H9F4N3O2S/c1-26-15-12(13(24)10-11(14(15)25)22-5-4-21-10)23-9-6-7(16(18,19)20)2-3-8(9)17/h2-6,23H,1H3. The Labute approximate surface area is 148 Å². The summed E-state index contributed by atoms with van der Waals surface area (Å²) in [4.78, 5) is 32.6. The predicted molar refractivity (Wildman–Crippen MR) is 86.3 cm³/mol. The van der Waals surface area contributed by atoms with Crippen LogP contribution in [-0.2, 0) is 6.18 Å². The van der Waals surface area contributed by atoms with Gasteiger partial charge in [0.05, 0.1) is 16.2 Å². The van der Waals surface area contributed by atoms with Crippen LogP contribution in [0.15, 0.2) is 41.2 Å². The Balaban J connectivity index is 2.09. The molecule has 134 valence electrons. The van der Waals surface area contributed by atoms with Gasteiger partial charge in [-0.25, -0.2) is 14.4 Å². The summed E-state index contributed by atoms with van der Waals surface area (Å²) in [6.45, 7) is 0. The summed E-state index contributed by atoms with van der Waals surface area (Å²) >= 11 is 0.898. The summed E-state index contributed by atoms with van der Waals surface area (Å²) in [6.07, 6.45) is -0.735. The first-order valence-electron chi connectivity index (χ1n) is 7.06. The van der Waals surface area contributed by atoms with Crippen LogP contribution in [-0.4, -0.2) is 27.8 Å². The first-order chi connectivity index (χ1) is 12.2. The fourth-order valence-electron chi connectivity index (χ4n) is 2.35. The number of halogens is 4. The van der Waals surface area contributed by atoms with Crippen LogP contribution in [0, 0.1) is 5.82 Å². The third kappa shape index (κ3) is 3.07. The molecule has 1 aromatic carbocycles. The Morgan fingerprint density at radius 1 is 1.04 bits per heavy atom. The number of alkyl halides is 3. The Morgan fingerprint density at radius 2 is 1.65 bits per heavy atom. The van der Waals surface area contributed by atoms with Gasteiger partial charge in [0.2, 0.25) is 11.6 Å². The van der Waals surface area contributed by atoms with Crippen LogP contribution >= 0.6 is 11.8 Å². The van der Waals surface area contributed by atoms with E-state index in [9.17, 15) is 27.2 Å². The van der Waals surface area contributed by atoms with Crippen molar-refractivity contribution in [3.63, 3.8) is 0 Å². The van der Waals surface area contributed by atoms with Gasteiger partial charge >= 0.3 is 6.18 Å². The minimum Gasteiger partial charge on any atom is -0.349 e. The monoisotopic (exact) mass is 383 g/mol. The van der Waals surface area contributed by atoms with Crippen molar-refractivity contribution in [2.75, 3.05) is 11.6 Å². The quantitative estimate of drug-likeness (QED) is 0.815. The van der Waals surface area contributed by atoms with Crippen LogP contribution in [0.5, 0.6) is 0 Å². The molecule has 0 amide bonds. The molecular weight excluding hydrogens is 374 g/mol. The van der Waals surface area contributed by atoms with Gasteiger partial charge < -0.3 is 5.32 Å². The largest absolute Gasteiger partial charge is 0.416 e. The maximum atomic E-state index is 14.0. The number of carbonyl (C=O) groups excluding carboxylic acids is 2. The number of nitrogens with one attached hydrogen (secondary N) is 1. The maximum absolute atomic E-state index is 14.0. The highest BCUT2D eigenvalue weighted by Crippen LogP contribution is 2.34. The predicted octanol–water partition coefficient (Wildman–Crippen LogP) is 3.70. The maximum Gasteiger partial charge on any atom is 0.416 e. The van der Waals surface area contributed by atoms with Gasteiger partial charge in [-0.1, -0.05) is 0 Å². The average molecular weight is 383 g/mol. The lowest BCUT2D eigenvalue weighted by Crippen LogP contribution is -2.27. The molecule has 0 spiro atoms. The van der Waals surface area contributed by atoms with Crippen LogP contribution in [0.1, 0.15) is 26.5 Å². The summed E-state index contributed by atoms with van der Waals surface area (Å²) in [5.74, 6) is -2.37. The van der Waals surface area contributed by atoms with Crippen LogP contribution in [0.4, 0.5) is 23.2 Å². The van der Waals surface area contributed by atoms with Crippen molar-refractivity contribution in [1.29, 1.82) is 0 Å². The second-order valence-corrected chi connectivity index (χ2v) is 5.95. The highest BCUT2D eigenvalue weighted by Gasteiger charge is 2.36. The highest BCUT2D eigenvalue weighted by molar-refractivity contribution is 8.03. The van der Waals surface area contributed by atoms with E-state index in [1.54, 1.807) is 0 Å². The SMILES string of the molecule is CSC1=C(Nc2cc(C(F)(F)F)ccc2F)C(=O)c2nccnc2C1=O. The number of allylic oxidation sites excluding steroid dienone is 2. The Hall–Kier alpha value is -2.75. The van der Waals surface area contributed by atoms with E-state index in [1.165, 1.54) is 18.6 Å².